The van der Waals surface area contributed by atoms with Gasteiger partial charge in [0.05, 0.1) is 12.6 Å². The van der Waals surface area contributed by atoms with Gasteiger partial charge >= 0.3 is 5.97 Å². The van der Waals surface area contributed by atoms with Crippen LogP contribution in [0.25, 0.3) is 0 Å². The SMILES string of the molecule is Cc1nc(CNCC2CCC(C(=O)O)O2)no1. The van der Waals surface area contributed by atoms with Gasteiger partial charge in [0, 0.05) is 13.5 Å². The molecule has 0 amide bonds. The second-order valence-corrected chi connectivity index (χ2v) is 4.02. The zero-order chi connectivity index (χ0) is 12.3. The normalized spacial score (nSPS) is 24.1. The van der Waals surface area contributed by atoms with Crippen LogP contribution in [0.5, 0.6) is 0 Å². The molecule has 0 radical (unpaired) electrons. The van der Waals surface area contributed by atoms with E-state index in [9.17, 15) is 4.79 Å². The summed E-state index contributed by atoms with van der Waals surface area (Å²) >= 11 is 0. The van der Waals surface area contributed by atoms with Gasteiger partial charge < -0.3 is 19.7 Å². The fourth-order valence-electron chi connectivity index (χ4n) is 1.80. The Hall–Kier alpha value is -1.47. The summed E-state index contributed by atoms with van der Waals surface area (Å²) in [6, 6.07) is 0. The van der Waals surface area contributed by atoms with Gasteiger partial charge in [-0.2, -0.15) is 4.98 Å². The highest BCUT2D eigenvalue weighted by Crippen LogP contribution is 2.19. The van der Waals surface area contributed by atoms with Crippen molar-refractivity contribution < 1.29 is 19.2 Å². The lowest BCUT2D eigenvalue weighted by Crippen LogP contribution is -2.28. The first-order valence-electron chi connectivity index (χ1n) is 5.53. The van der Waals surface area contributed by atoms with Crippen LogP contribution in [0, 0.1) is 6.92 Å². The number of carboxylic acid groups (broad SMARTS) is 1. The predicted molar refractivity (Wildman–Crippen MR) is 56.3 cm³/mol. The van der Waals surface area contributed by atoms with Gasteiger partial charge in [-0.15, -0.1) is 0 Å². The van der Waals surface area contributed by atoms with Crippen LogP contribution in [0.4, 0.5) is 0 Å². The number of hydrogen-bond donors (Lipinski definition) is 2. The molecule has 2 unspecified atom stereocenters. The smallest absolute Gasteiger partial charge is 0.332 e. The first kappa shape index (κ1) is 12.0. The van der Waals surface area contributed by atoms with E-state index in [-0.39, 0.29) is 6.10 Å². The molecule has 2 rings (SSSR count). The Balaban J connectivity index is 1.68. The monoisotopic (exact) mass is 241 g/mol. The number of nitrogens with zero attached hydrogens (tertiary/aromatic N) is 2. The molecule has 1 saturated heterocycles. The number of aryl methyl sites for hydroxylation is 1. The number of carbonyl (C=O) groups is 1. The third kappa shape index (κ3) is 3.24. The molecule has 1 aromatic heterocycles. The third-order valence-corrected chi connectivity index (χ3v) is 2.61. The molecule has 0 spiro atoms. The van der Waals surface area contributed by atoms with Crippen LogP contribution in [0.3, 0.4) is 0 Å². The summed E-state index contributed by atoms with van der Waals surface area (Å²) in [4.78, 5) is 14.7. The second kappa shape index (κ2) is 5.24. The van der Waals surface area contributed by atoms with Gasteiger partial charge in [-0.3, -0.25) is 0 Å². The molecular weight excluding hydrogens is 226 g/mol. The Bertz CT molecular complexity index is 393. The van der Waals surface area contributed by atoms with Crippen molar-refractivity contribution in [1.82, 2.24) is 15.5 Å². The van der Waals surface area contributed by atoms with Gasteiger partial charge in [-0.25, -0.2) is 4.79 Å². The minimum Gasteiger partial charge on any atom is -0.479 e. The topological polar surface area (TPSA) is 97.5 Å². The van der Waals surface area contributed by atoms with Crippen LogP contribution in [0.1, 0.15) is 24.6 Å². The maximum atomic E-state index is 10.7. The molecule has 7 nitrogen and oxygen atoms in total. The molecule has 7 heteroatoms. The number of aliphatic carboxylic acids is 1. The quantitative estimate of drug-likeness (QED) is 0.754. The van der Waals surface area contributed by atoms with Crippen molar-refractivity contribution in [3.8, 4) is 0 Å². The Morgan fingerprint density at radius 3 is 3.00 bits per heavy atom. The Kier molecular flexibility index (Phi) is 3.70. The number of nitrogens with one attached hydrogen (secondary N) is 1. The van der Waals surface area contributed by atoms with Crippen molar-refractivity contribution in [2.45, 2.75) is 38.5 Å². The fourth-order valence-corrected chi connectivity index (χ4v) is 1.80. The maximum absolute atomic E-state index is 10.7. The molecular formula is C10H15N3O4. The van der Waals surface area contributed by atoms with Crippen molar-refractivity contribution in [3.05, 3.63) is 11.7 Å². The zero-order valence-electron chi connectivity index (χ0n) is 9.55. The predicted octanol–water partition coefficient (Wildman–Crippen LogP) is 0.0998. The van der Waals surface area contributed by atoms with Gasteiger partial charge in [-0.05, 0) is 12.8 Å². The Labute approximate surface area is 98.1 Å². The molecule has 1 aliphatic rings. The van der Waals surface area contributed by atoms with Crippen LogP contribution in [0.2, 0.25) is 0 Å². The minimum atomic E-state index is -0.888. The standard InChI is InChI=1S/C10H15N3O4/c1-6-12-9(13-17-6)5-11-4-7-2-3-8(16-7)10(14)15/h7-8,11H,2-5H2,1H3,(H,14,15). The lowest BCUT2D eigenvalue weighted by molar-refractivity contribution is -0.149. The number of carboxylic acids is 1. The molecule has 17 heavy (non-hydrogen) atoms. The summed E-state index contributed by atoms with van der Waals surface area (Å²) in [5.74, 6) is 0.237. The van der Waals surface area contributed by atoms with E-state index in [2.05, 4.69) is 15.5 Å². The molecule has 0 bridgehead atoms. The van der Waals surface area contributed by atoms with Crippen molar-refractivity contribution in [2.75, 3.05) is 6.54 Å². The average Bonchev–Trinajstić information content (AvgIpc) is 2.88. The highest BCUT2D eigenvalue weighted by atomic mass is 16.5. The molecule has 1 aromatic rings. The number of aromatic nitrogens is 2. The van der Waals surface area contributed by atoms with Gasteiger partial charge in [0.25, 0.3) is 0 Å². The summed E-state index contributed by atoms with van der Waals surface area (Å²) in [5, 5.41) is 15.6. The van der Waals surface area contributed by atoms with E-state index in [0.29, 0.717) is 31.2 Å². The molecule has 0 aliphatic carbocycles. The molecule has 0 saturated carbocycles. The fraction of sp³-hybridized carbons (Fsp3) is 0.700. The van der Waals surface area contributed by atoms with E-state index in [1.165, 1.54) is 0 Å². The minimum absolute atomic E-state index is 0.0518. The van der Waals surface area contributed by atoms with Crippen LogP contribution >= 0.6 is 0 Å². The van der Waals surface area contributed by atoms with E-state index >= 15 is 0 Å². The average molecular weight is 241 g/mol. The summed E-state index contributed by atoms with van der Waals surface area (Å²) in [5.41, 5.74) is 0. The second-order valence-electron chi connectivity index (χ2n) is 4.02. The molecule has 2 heterocycles. The van der Waals surface area contributed by atoms with Gasteiger partial charge in [0.2, 0.25) is 5.89 Å². The Morgan fingerprint density at radius 2 is 2.41 bits per heavy atom. The van der Waals surface area contributed by atoms with E-state index in [1.54, 1.807) is 6.92 Å². The maximum Gasteiger partial charge on any atom is 0.332 e. The van der Waals surface area contributed by atoms with Crippen LogP contribution in [0.15, 0.2) is 4.52 Å². The van der Waals surface area contributed by atoms with Crippen molar-refractivity contribution >= 4 is 5.97 Å². The van der Waals surface area contributed by atoms with Crippen LogP contribution < -0.4 is 5.32 Å². The highest BCUT2D eigenvalue weighted by Gasteiger charge is 2.29. The molecule has 1 aliphatic heterocycles. The molecule has 1 fully saturated rings. The third-order valence-electron chi connectivity index (χ3n) is 2.61. The summed E-state index contributed by atoms with van der Waals surface area (Å²) in [6.07, 6.45) is 0.622. The lowest BCUT2D eigenvalue weighted by Gasteiger charge is -2.10. The Morgan fingerprint density at radius 1 is 1.59 bits per heavy atom. The van der Waals surface area contributed by atoms with Crippen molar-refractivity contribution in [2.24, 2.45) is 0 Å². The number of rotatable bonds is 5. The van der Waals surface area contributed by atoms with Crippen LogP contribution in [-0.2, 0) is 16.1 Å². The number of ether oxygens (including phenoxy) is 1. The molecule has 0 aromatic carbocycles. The lowest BCUT2D eigenvalue weighted by atomic mass is 10.2. The first-order valence-corrected chi connectivity index (χ1v) is 5.53. The number of hydrogen-bond acceptors (Lipinski definition) is 6. The van der Waals surface area contributed by atoms with Gasteiger partial charge in [0.1, 0.15) is 0 Å². The summed E-state index contributed by atoms with van der Waals surface area (Å²) < 4.78 is 10.2. The van der Waals surface area contributed by atoms with Gasteiger partial charge in [0.15, 0.2) is 11.9 Å². The zero-order valence-corrected chi connectivity index (χ0v) is 9.55. The van der Waals surface area contributed by atoms with E-state index in [0.717, 1.165) is 6.42 Å². The molecule has 2 N–H and O–H groups in total. The van der Waals surface area contributed by atoms with Crippen molar-refractivity contribution in [3.63, 3.8) is 0 Å². The largest absolute Gasteiger partial charge is 0.479 e. The summed E-state index contributed by atoms with van der Waals surface area (Å²) in [7, 11) is 0. The summed E-state index contributed by atoms with van der Waals surface area (Å²) in [6.45, 7) is 2.82. The molecule has 2 atom stereocenters. The van der Waals surface area contributed by atoms with Crippen molar-refractivity contribution in [1.29, 1.82) is 0 Å². The van der Waals surface area contributed by atoms with Crippen LogP contribution in [-0.4, -0.2) is 40.0 Å². The van der Waals surface area contributed by atoms with E-state index in [4.69, 9.17) is 14.4 Å². The highest BCUT2D eigenvalue weighted by molar-refractivity contribution is 5.72. The van der Waals surface area contributed by atoms with E-state index < -0.39 is 12.1 Å². The van der Waals surface area contributed by atoms with E-state index in [1.807, 2.05) is 0 Å². The molecule has 94 valence electrons. The van der Waals surface area contributed by atoms with Gasteiger partial charge in [-0.1, -0.05) is 5.16 Å². The first-order chi connectivity index (χ1) is 8.15.